The van der Waals surface area contributed by atoms with Crippen LogP contribution in [0.4, 0.5) is 0 Å². The van der Waals surface area contributed by atoms with Crippen LogP contribution in [0.2, 0.25) is 0 Å². The van der Waals surface area contributed by atoms with Crippen LogP contribution >= 0.6 is 0 Å². The number of aryl methyl sites for hydroxylation is 1. The van der Waals surface area contributed by atoms with Gasteiger partial charge in [-0.15, -0.1) is 0 Å². The second-order valence-electron chi connectivity index (χ2n) is 4.54. The number of aliphatic hydroxyl groups is 1. The summed E-state index contributed by atoms with van der Waals surface area (Å²) in [6.45, 7) is 2.66. The summed E-state index contributed by atoms with van der Waals surface area (Å²) in [5.41, 5.74) is 2.20. The normalized spacial score (nSPS) is 12.1. The minimum Gasteiger partial charge on any atom is -0.494 e. The van der Waals surface area contributed by atoms with Crippen LogP contribution in [-0.2, 0) is 6.42 Å². The average molecular weight is 256 g/mol. The molecule has 1 N–H and O–H groups in total. The van der Waals surface area contributed by atoms with Gasteiger partial charge in [0.1, 0.15) is 5.75 Å². The smallest absolute Gasteiger partial charge is 0.119 e. The van der Waals surface area contributed by atoms with E-state index < -0.39 is 6.10 Å². The van der Waals surface area contributed by atoms with Gasteiger partial charge in [-0.25, -0.2) is 0 Å². The van der Waals surface area contributed by atoms with Crippen molar-refractivity contribution >= 4 is 0 Å². The highest BCUT2D eigenvalue weighted by atomic mass is 16.5. The van der Waals surface area contributed by atoms with Crippen molar-refractivity contribution in [1.29, 1.82) is 0 Å². The molecule has 0 heterocycles. The van der Waals surface area contributed by atoms with Crippen molar-refractivity contribution in [2.75, 3.05) is 6.61 Å². The zero-order valence-electron chi connectivity index (χ0n) is 11.3. The fourth-order valence-corrected chi connectivity index (χ4v) is 2.06. The predicted molar refractivity (Wildman–Crippen MR) is 77.3 cm³/mol. The van der Waals surface area contributed by atoms with E-state index in [1.165, 1.54) is 5.56 Å². The lowest BCUT2D eigenvalue weighted by Crippen LogP contribution is -1.99. The van der Waals surface area contributed by atoms with E-state index in [1.54, 1.807) is 0 Å². The molecule has 2 nitrogen and oxygen atoms in total. The molecular weight excluding hydrogens is 236 g/mol. The van der Waals surface area contributed by atoms with Crippen LogP contribution in [0, 0.1) is 0 Å². The second-order valence-corrected chi connectivity index (χ2v) is 4.54. The fourth-order valence-electron chi connectivity index (χ4n) is 2.06. The van der Waals surface area contributed by atoms with Crippen molar-refractivity contribution in [3.63, 3.8) is 0 Å². The first-order chi connectivity index (χ1) is 9.29. The van der Waals surface area contributed by atoms with E-state index in [4.69, 9.17) is 4.74 Å². The third-order valence-corrected chi connectivity index (χ3v) is 3.13. The molecule has 0 aliphatic rings. The first-order valence-corrected chi connectivity index (χ1v) is 6.74. The van der Waals surface area contributed by atoms with Gasteiger partial charge in [-0.2, -0.15) is 0 Å². The summed E-state index contributed by atoms with van der Waals surface area (Å²) < 4.78 is 5.41. The van der Waals surface area contributed by atoms with Crippen LogP contribution in [0.5, 0.6) is 5.75 Å². The number of hydrogen-bond acceptors (Lipinski definition) is 2. The van der Waals surface area contributed by atoms with E-state index >= 15 is 0 Å². The zero-order chi connectivity index (χ0) is 13.5. The molecule has 19 heavy (non-hydrogen) atoms. The van der Waals surface area contributed by atoms with Gasteiger partial charge in [-0.1, -0.05) is 42.5 Å². The Kier molecular flexibility index (Phi) is 4.99. The minimum absolute atomic E-state index is 0.396. The van der Waals surface area contributed by atoms with Crippen molar-refractivity contribution in [3.05, 3.63) is 65.7 Å². The quantitative estimate of drug-likeness (QED) is 0.853. The van der Waals surface area contributed by atoms with E-state index in [9.17, 15) is 5.11 Å². The van der Waals surface area contributed by atoms with Crippen LogP contribution in [-0.4, -0.2) is 11.7 Å². The Hall–Kier alpha value is -1.80. The topological polar surface area (TPSA) is 29.5 Å². The number of rotatable bonds is 6. The molecule has 0 saturated heterocycles. The lowest BCUT2D eigenvalue weighted by molar-refractivity contribution is 0.168. The van der Waals surface area contributed by atoms with Crippen molar-refractivity contribution in [3.8, 4) is 5.75 Å². The molecule has 2 heteroatoms. The lowest BCUT2D eigenvalue weighted by Gasteiger charge is -2.11. The van der Waals surface area contributed by atoms with Crippen LogP contribution < -0.4 is 4.74 Å². The first-order valence-electron chi connectivity index (χ1n) is 6.74. The Bertz CT molecular complexity index is 476. The number of benzene rings is 2. The average Bonchev–Trinajstić information content (AvgIpc) is 2.47. The van der Waals surface area contributed by atoms with Crippen LogP contribution in [0.3, 0.4) is 0 Å². The maximum atomic E-state index is 10.1. The third-order valence-electron chi connectivity index (χ3n) is 3.13. The Morgan fingerprint density at radius 1 is 1.00 bits per heavy atom. The Morgan fingerprint density at radius 3 is 2.32 bits per heavy atom. The highest BCUT2D eigenvalue weighted by molar-refractivity contribution is 5.27. The van der Waals surface area contributed by atoms with Gasteiger partial charge >= 0.3 is 0 Å². The molecule has 0 aliphatic carbocycles. The minimum atomic E-state index is -0.396. The predicted octanol–water partition coefficient (Wildman–Crippen LogP) is 3.75. The van der Waals surface area contributed by atoms with Gasteiger partial charge in [0.2, 0.25) is 0 Å². The summed E-state index contributed by atoms with van der Waals surface area (Å²) in [7, 11) is 0. The zero-order valence-corrected chi connectivity index (χ0v) is 11.3. The summed E-state index contributed by atoms with van der Waals surface area (Å²) in [5, 5.41) is 10.1. The van der Waals surface area contributed by atoms with E-state index in [2.05, 4.69) is 12.1 Å². The Morgan fingerprint density at radius 2 is 1.68 bits per heavy atom. The van der Waals surface area contributed by atoms with Crippen molar-refractivity contribution in [2.24, 2.45) is 0 Å². The SMILES string of the molecule is CCOc1ccc(CCC(O)c2ccccc2)cc1. The fraction of sp³-hybridized carbons (Fsp3) is 0.294. The first kappa shape index (κ1) is 13.6. The molecule has 1 atom stereocenters. The van der Waals surface area contributed by atoms with Crippen LogP contribution in [0.15, 0.2) is 54.6 Å². The number of aliphatic hydroxyl groups excluding tert-OH is 1. The Balaban J connectivity index is 1.88. The molecule has 2 rings (SSSR count). The van der Waals surface area contributed by atoms with Gasteiger partial charge in [0.05, 0.1) is 12.7 Å². The lowest BCUT2D eigenvalue weighted by atomic mass is 10.0. The summed E-state index contributed by atoms with van der Waals surface area (Å²) in [6.07, 6.45) is 1.20. The molecule has 0 fully saturated rings. The highest BCUT2D eigenvalue weighted by Crippen LogP contribution is 2.20. The molecule has 0 radical (unpaired) electrons. The molecular formula is C17H20O2. The van der Waals surface area contributed by atoms with E-state index in [1.807, 2.05) is 49.4 Å². The summed E-state index contributed by atoms with van der Waals surface area (Å²) in [6, 6.07) is 17.9. The maximum Gasteiger partial charge on any atom is 0.119 e. The molecule has 2 aromatic rings. The second kappa shape index (κ2) is 6.95. The van der Waals surface area contributed by atoms with Crippen molar-refractivity contribution in [1.82, 2.24) is 0 Å². The van der Waals surface area contributed by atoms with E-state index in [-0.39, 0.29) is 0 Å². The summed E-state index contributed by atoms with van der Waals surface area (Å²) in [4.78, 5) is 0. The summed E-state index contributed by atoms with van der Waals surface area (Å²) in [5.74, 6) is 0.898. The van der Waals surface area contributed by atoms with Crippen LogP contribution in [0.1, 0.15) is 30.6 Å². The van der Waals surface area contributed by atoms with Gasteiger partial charge in [-0.05, 0) is 43.0 Å². The molecule has 0 saturated carbocycles. The van der Waals surface area contributed by atoms with E-state index in [0.29, 0.717) is 6.61 Å². The molecule has 0 bridgehead atoms. The van der Waals surface area contributed by atoms with Gasteiger partial charge < -0.3 is 9.84 Å². The third kappa shape index (κ3) is 4.11. The highest BCUT2D eigenvalue weighted by Gasteiger charge is 2.06. The monoisotopic (exact) mass is 256 g/mol. The number of hydrogen-bond donors (Lipinski definition) is 1. The summed E-state index contributed by atoms with van der Waals surface area (Å²) >= 11 is 0. The Labute approximate surface area is 114 Å². The molecule has 0 spiro atoms. The number of ether oxygens (including phenoxy) is 1. The van der Waals surface area contributed by atoms with Crippen molar-refractivity contribution in [2.45, 2.75) is 25.9 Å². The van der Waals surface area contributed by atoms with E-state index in [0.717, 1.165) is 24.2 Å². The van der Waals surface area contributed by atoms with Gasteiger partial charge in [0.15, 0.2) is 0 Å². The molecule has 0 aliphatic heterocycles. The molecule has 0 aromatic heterocycles. The van der Waals surface area contributed by atoms with Crippen LogP contribution in [0.25, 0.3) is 0 Å². The molecule has 2 aromatic carbocycles. The molecule has 100 valence electrons. The van der Waals surface area contributed by atoms with Gasteiger partial charge in [0, 0.05) is 0 Å². The largest absolute Gasteiger partial charge is 0.494 e. The maximum absolute atomic E-state index is 10.1. The van der Waals surface area contributed by atoms with Gasteiger partial charge in [-0.3, -0.25) is 0 Å². The van der Waals surface area contributed by atoms with Gasteiger partial charge in [0.25, 0.3) is 0 Å². The van der Waals surface area contributed by atoms with Crippen molar-refractivity contribution < 1.29 is 9.84 Å². The standard InChI is InChI=1S/C17H20O2/c1-2-19-16-11-8-14(9-12-16)10-13-17(18)15-6-4-3-5-7-15/h3-9,11-12,17-18H,2,10,13H2,1H3. The molecule has 0 amide bonds. The molecule has 1 unspecified atom stereocenters.